The minimum absolute atomic E-state index is 0.0158. The van der Waals surface area contributed by atoms with Crippen LogP contribution in [0.15, 0.2) is 60.8 Å². The Morgan fingerprint density at radius 2 is 1.81 bits per heavy atom. The average molecular weight is 370 g/mol. The van der Waals surface area contributed by atoms with E-state index in [0.29, 0.717) is 13.0 Å². The maximum Gasteiger partial charge on any atom is 0.416 e. The van der Waals surface area contributed by atoms with Crippen molar-refractivity contribution in [3.8, 4) is 0 Å². The summed E-state index contributed by atoms with van der Waals surface area (Å²) in [6, 6.07) is 14.7. The lowest BCUT2D eigenvalue weighted by molar-refractivity contribution is -0.137. The van der Waals surface area contributed by atoms with Gasteiger partial charge in [-0.25, -0.2) is 0 Å². The summed E-state index contributed by atoms with van der Waals surface area (Å²) >= 11 is 0. The second kappa shape index (κ2) is 6.68. The number of nitrogens with zero attached hydrogens (tertiary/aromatic N) is 1. The number of pyridine rings is 1. The molecule has 6 heteroatoms. The molecule has 0 saturated heterocycles. The summed E-state index contributed by atoms with van der Waals surface area (Å²) < 4.78 is 37.9. The monoisotopic (exact) mass is 370 g/mol. The molecule has 138 valence electrons. The van der Waals surface area contributed by atoms with Gasteiger partial charge in [-0.05, 0) is 41.7 Å². The van der Waals surface area contributed by atoms with Crippen LogP contribution in [0.3, 0.4) is 0 Å². The zero-order valence-electron chi connectivity index (χ0n) is 14.3. The van der Waals surface area contributed by atoms with Gasteiger partial charge in [0.15, 0.2) is 0 Å². The van der Waals surface area contributed by atoms with Crippen molar-refractivity contribution in [1.29, 1.82) is 0 Å². The Bertz CT molecular complexity index is 977. The molecule has 1 aliphatic carbocycles. The first kappa shape index (κ1) is 17.5. The second-order valence-corrected chi connectivity index (χ2v) is 6.78. The molecule has 0 bridgehead atoms. The molecule has 2 atom stereocenters. The van der Waals surface area contributed by atoms with Gasteiger partial charge in [0.25, 0.3) is 0 Å². The van der Waals surface area contributed by atoms with Crippen LogP contribution in [0.2, 0.25) is 0 Å². The molecular formula is C21H17F3N2O. The molecule has 1 aromatic heterocycles. The van der Waals surface area contributed by atoms with Crippen LogP contribution < -0.4 is 5.32 Å². The molecule has 1 fully saturated rings. The van der Waals surface area contributed by atoms with E-state index in [4.69, 9.17) is 0 Å². The summed E-state index contributed by atoms with van der Waals surface area (Å²) in [6.07, 6.45) is -1.97. The summed E-state index contributed by atoms with van der Waals surface area (Å²) in [5, 5.41) is 3.94. The highest BCUT2D eigenvalue weighted by atomic mass is 19.4. The highest BCUT2D eigenvalue weighted by Crippen LogP contribution is 2.48. The third-order valence-corrected chi connectivity index (χ3v) is 4.96. The van der Waals surface area contributed by atoms with E-state index >= 15 is 0 Å². The Labute approximate surface area is 154 Å². The van der Waals surface area contributed by atoms with Crippen LogP contribution >= 0.6 is 0 Å². The second-order valence-electron chi connectivity index (χ2n) is 6.78. The standard InChI is InChI=1S/C21H17F3N2O/c22-21(23,24)16-8-6-13(7-9-16)17-11-18(17)20(27)26-12-15-4-1-3-14-5-2-10-25-19(14)15/h1-10,17-18H,11-12H2,(H,26,27). The van der Waals surface area contributed by atoms with Crippen LogP contribution in [0.5, 0.6) is 0 Å². The summed E-state index contributed by atoms with van der Waals surface area (Å²) in [6.45, 7) is 0.378. The Morgan fingerprint density at radius 1 is 1.07 bits per heavy atom. The predicted molar refractivity (Wildman–Crippen MR) is 95.9 cm³/mol. The van der Waals surface area contributed by atoms with E-state index in [1.807, 2.05) is 30.3 Å². The zero-order valence-corrected chi connectivity index (χ0v) is 14.3. The molecule has 1 N–H and O–H groups in total. The number of carbonyl (C=O) groups excluding carboxylic acids is 1. The molecule has 0 radical (unpaired) electrons. The number of rotatable bonds is 4. The highest BCUT2D eigenvalue weighted by molar-refractivity contribution is 5.85. The number of benzene rings is 2. The molecule has 0 spiro atoms. The average Bonchev–Trinajstić information content (AvgIpc) is 3.46. The molecule has 1 amide bonds. The fraction of sp³-hybridized carbons (Fsp3) is 0.238. The van der Waals surface area contributed by atoms with Gasteiger partial charge in [0, 0.05) is 24.0 Å². The van der Waals surface area contributed by atoms with Crippen molar-refractivity contribution in [2.45, 2.75) is 25.1 Å². The number of hydrogen-bond acceptors (Lipinski definition) is 2. The van der Waals surface area contributed by atoms with Crippen molar-refractivity contribution >= 4 is 16.8 Å². The number of fused-ring (bicyclic) bond motifs is 1. The molecule has 4 rings (SSSR count). The van der Waals surface area contributed by atoms with Crippen molar-refractivity contribution in [2.75, 3.05) is 0 Å². The van der Waals surface area contributed by atoms with Crippen molar-refractivity contribution in [1.82, 2.24) is 10.3 Å². The van der Waals surface area contributed by atoms with Crippen LogP contribution in [0.1, 0.15) is 29.0 Å². The fourth-order valence-electron chi connectivity index (χ4n) is 3.40. The lowest BCUT2D eigenvalue weighted by Gasteiger charge is -2.09. The molecule has 0 aliphatic heterocycles. The minimum atomic E-state index is -4.34. The summed E-state index contributed by atoms with van der Waals surface area (Å²) in [7, 11) is 0. The lowest BCUT2D eigenvalue weighted by Crippen LogP contribution is -2.25. The number of amides is 1. The zero-order chi connectivity index (χ0) is 19.0. The molecular weight excluding hydrogens is 353 g/mol. The molecule has 2 aromatic carbocycles. The van der Waals surface area contributed by atoms with Crippen LogP contribution in [0.25, 0.3) is 10.9 Å². The number of nitrogens with one attached hydrogen (secondary N) is 1. The van der Waals surface area contributed by atoms with Gasteiger partial charge in [-0.15, -0.1) is 0 Å². The van der Waals surface area contributed by atoms with Crippen molar-refractivity contribution in [3.05, 3.63) is 77.5 Å². The number of aromatic nitrogens is 1. The topological polar surface area (TPSA) is 42.0 Å². The largest absolute Gasteiger partial charge is 0.416 e. The van der Waals surface area contributed by atoms with Crippen LogP contribution in [-0.2, 0) is 17.5 Å². The number of hydrogen-bond donors (Lipinski definition) is 1. The first-order chi connectivity index (χ1) is 12.9. The molecule has 1 heterocycles. The van der Waals surface area contributed by atoms with Crippen molar-refractivity contribution in [3.63, 3.8) is 0 Å². The first-order valence-corrected chi connectivity index (χ1v) is 8.71. The first-order valence-electron chi connectivity index (χ1n) is 8.71. The Balaban J connectivity index is 1.39. The maximum absolute atomic E-state index is 12.6. The van der Waals surface area contributed by atoms with Crippen LogP contribution in [0.4, 0.5) is 13.2 Å². The predicted octanol–water partition coefficient (Wildman–Crippen LogP) is 4.67. The van der Waals surface area contributed by atoms with Gasteiger partial charge >= 0.3 is 6.18 Å². The molecule has 1 aliphatic rings. The Hall–Kier alpha value is -2.89. The quantitative estimate of drug-likeness (QED) is 0.725. The van der Waals surface area contributed by atoms with Crippen LogP contribution in [-0.4, -0.2) is 10.9 Å². The van der Waals surface area contributed by atoms with E-state index in [2.05, 4.69) is 10.3 Å². The van der Waals surface area contributed by atoms with Gasteiger partial charge < -0.3 is 5.32 Å². The van der Waals surface area contributed by atoms with Gasteiger partial charge in [0.1, 0.15) is 0 Å². The maximum atomic E-state index is 12.6. The summed E-state index contributed by atoms with van der Waals surface area (Å²) in [4.78, 5) is 16.8. The van der Waals surface area contributed by atoms with Gasteiger partial charge in [-0.1, -0.05) is 36.4 Å². The van der Waals surface area contributed by atoms with Gasteiger partial charge in [-0.2, -0.15) is 13.2 Å². The van der Waals surface area contributed by atoms with Gasteiger partial charge in [-0.3, -0.25) is 9.78 Å². The number of alkyl halides is 3. The Kier molecular flexibility index (Phi) is 4.34. The summed E-state index contributed by atoms with van der Waals surface area (Å²) in [5.74, 6) is -0.282. The minimum Gasteiger partial charge on any atom is -0.352 e. The van der Waals surface area contributed by atoms with Gasteiger partial charge in [0.2, 0.25) is 5.91 Å². The molecule has 3 nitrogen and oxygen atoms in total. The third kappa shape index (κ3) is 3.65. The van der Waals surface area contributed by atoms with E-state index < -0.39 is 11.7 Å². The SMILES string of the molecule is O=C(NCc1cccc2cccnc12)C1CC1c1ccc(C(F)(F)F)cc1. The van der Waals surface area contributed by atoms with E-state index in [1.54, 1.807) is 6.20 Å². The van der Waals surface area contributed by atoms with E-state index in [9.17, 15) is 18.0 Å². The van der Waals surface area contributed by atoms with E-state index in [1.165, 1.54) is 12.1 Å². The Morgan fingerprint density at radius 3 is 2.56 bits per heavy atom. The molecule has 3 aromatic rings. The lowest BCUT2D eigenvalue weighted by atomic mass is 10.1. The molecule has 27 heavy (non-hydrogen) atoms. The number of para-hydroxylation sites is 1. The molecule has 1 saturated carbocycles. The number of halogens is 3. The normalized spacial score (nSPS) is 19.1. The highest BCUT2D eigenvalue weighted by Gasteiger charge is 2.44. The van der Waals surface area contributed by atoms with Crippen molar-refractivity contribution in [2.24, 2.45) is 5.92 Å². The molecule has 2 unspecified atom stereocenters. The number of carbonyl (C=O) groups is 1. The van der Waals surface area contributed by atoms with Gasteiger partial charge in [0.05, 0.1) is 11.1 Å². The smallest absolute Gasteiger partial charge is 0.352 e. The fourth-order valence-corrected chi connectivity index (χ4v) is 3.40. The van der Waals surface area contributed by atoms with Crippen LogP contribution in [0, 0.1) is 5.92 Å². The third-order valence-electron chi connectivity index (χ3n) is 4.96. The van der Waals surface area contributed by atoms with Crippen molar-refractivity contribution < 1.29 is 18.0 Å². The van der Waals surface area contributed by atoms with E-state index in [0.717, 1.165) is 34.2 Å². The van der Waals surface area contributed by atoms with E-state index in [-0.39, 0.29) is 17.7 Å². The summed E-state index contributed by atoms with van der Waals surface area (Å²) in [5.41, 5.74) is 1.90.